The SMILES string of the molecule is CN(CCc1ccncc1)C(=O)c1cccc(S)c1. The van der Waals surface area contributed by atoms with Crippen molar-refractivity contribution in [3.63, 3.8) is 0 Å². The van der Waals surface area contributed by atoms with Gasteiger partial charge in [-0.15, -0.1) is 12.6 Å². The van der Waals surface area contributed by atoms with Crippen LogP contribution in [-0.2, 0) is 6.42 Å². The molecular formula is C15H16N2OS. The number of pyridine rings is 1. The van der Waals surface area contributed by atoms with Gasteiger partial charge in [0.2, 0.25) is 0 Å². The summed E-state index contributed by atoms with van der Waals surface area (Å²) in [7, 11) is 1.81. The Balaban J connectivity index is 1.96. The lowest BCUT2D eigenvalue weighted by Gasteiger charge is -2.17. The minimum Gasteiger partial charge on any atom is -0.341 e. The number of carbonyl (C=O) groups excluding carboxylic acids is 1. The van der Waals surface area contributed by atoms with E-state index in [0.717, 1.165) is 11.3 Å². The number of carbonyl (C=O) groups is 1. The zero-order chi connectivity index (χ0) is 13.7. The standard InChI is InChI=1S/C15H16N2OS/c1-17(10-7-12-5-8-16-9-6-12)15(18)13-3-2-4-14(19)11-13/h2-6,8-9,11,19H,7,10H2,1H3. The van der Waals surface area contributed by atoms with Crippen molar-refractivity contribution in [3.8, 4) is 0 Å². The third-order valence-corrected chi connectivity index (χ3v) is 3.20. The fourth-order valence-corrected chi connectivity index (χ4v) is 2.03. The molecule has 0 saturated heterocycles. The van der Waals surface area contributed by atoms with Gasteiger partial charge >= 0.3 is 0 Å². The summed E-state index contributed by atoms with van der Waals surface area (Å²) in [5, 5.41) is 0. The van der Waals surface area contributed by atoms with Crippen LogP contribution in [-0.4, -0.2) is 29.4 Å². The first-order valence-corrected chi connectivity index (χ1v) is 6.55. The van der Waals surface area contributed by atoms with E-state index in [2.05, 4.69) is 17.6 Å². The van der Waals surface area contributed by atoms with E-state index in [-0.39, 0.29) is 5.91 Å². The van der Waals surface area contributed by atoms with Crippen molar-refractivity contribution < 1.29 is 4.79 Å². The molecule has 0 unspecified atom stereocenters. The number of likely N-dealkylation sites (N-methyl/N-ethyl adjacent to an activating group) is 1. The summed E-state index contributed by atoms with van der Waals surface area (Å²) in [6, 6.07) is 11.2. The summed E-state index contributed by atoms with van der Waals surface area (Å²) >= 11 is 4.25. The van der Waals surface area contributed by atoms with Crippen molar-refractivity contribution in [2.24, 2.45) is 0 Å². The topological polar surface area (TPSA) is 33.2 Å². The molecule has 98 valence electrons. The number of benzene rings is 1. The molecule has 1 amide bonds. The lowest BCUT2D eigenvalue weighted by atomic mass is 10.1. The predicted octanol–water partition coefficient (Wildman–Crippen LogP) is 2.69. The quantitative estimate of drug-likeness (QED) is 0.868. The Bertz CT molecular complexity index is 557. The van der Waals surface area contributed by atoms with E-state index in [0.29, 0.717) is 12.1 Å². The summed E-state index contributed by atoms with van der Waals surface area (Å²) in [5.74, 6) is 0.0185. The van der Waals surface area contributed by atoms with Crippen molar-refractivity contribution in [3.05, 3.63) is 59.9 Å². The summed E-state index contributed by atoms with van der Waals surface area (Å²) < 4.78 is 0. The highest BCUT2D eigenvalue weighted by molar-refractivity contribution is 7.80. The molecule has 1 aromatic heterocycles. The predicted molar refractivity (Wildman–Crippen MR) is 78.6 cm³/mol. The number of hydrogen-bond donors (Lipinski definition) is 1. The minimum absolute atomic E-state index is 0.0185. The molecule has 1 aromatic carbocycles. The highest BCUT2D eigenvalue weighted by atomic mass is 32.1. The summed E-state index contributed by atoms with van der Waals surface area (Å²) in [6.45, 7) is 0.680. The highest BCUT2D eigenvalue weighted by Crippen LogP contribution is 2.11. The second kappa shape index (κ2) is 6.38. The Morgan fingerprint density at radius 3 is 2.68 bits per heavy atom. The molecule has 0 bridgehead atoms. The molecule has 0 saturated carbocycles. The Labute approximate surface area is 118 Å². The van der Waals surface area contributed by atoms with Crippen LogP contribution >= 0.6 is 12.6 Å². The molecule has 0 radical (unpaired) electrons. The van der Waals surface area contributed by atoms with Crippen LogP contribution in [0.25, 0.3) is 0 Å². The zero-order valence-corrected chi connectivity index (χ0v) is 11.7. The van der Waals surface area contributed by atoms with Crippen LogP contribution in [0.15, 0.2) is 53.7 Å². The van der Waals surface area contributed by atoms with Gasteiger partial charge in [-0.2, -0.15) is 0 Å². The molecule has 0 aliphatic carbocycles. The van der Waals surface area contributed by atoms with Gasteiger partial charge < -0.3 is 4.90 Å². The largest absolute Gasteiger partial charge is 0.341 e. The van der Waals surface area contributed by atoms with Crippen molar-refractivity contribution >= 4 is 18.5 Å². The van der Waals surface area contributed by atoms with Gasteiger partial charge in [0.25, 0.3) is 5.91 Å². The number of aromatic nitrogens is 1. The van der Waals surface area contributed by atoms with E-state index in [9.17, 15) is 4.79 Å². The molecule has 4 heteroatoms. The van der Waals surface area contributed by atoms with Crippen LogP contribution in [0.5, 0.6) is 0 Å². The van der Waals surface area contributed by atoms with Gasteiger partial charge in [-0.1, -0.05) is 6.07 Å². The minimum atomic E-state index is 0.0185. The number of nitrogens with zero attached hydrogens (tertiary/aromatic N) is 2. The Hall–Kier alpha value is -1.81. The molecule has 0 spiro atoms. The van der Waals surface area contributed by atoms with Crippen LogP contribution in [0, 0.1) is 0 Å². The molecule has 1 heterocycles. The summed E-state index contributed by atoms with van der Waals surface area (Å²) in [5.41, 5.74) is 1.85. The average molecular weight is 272 g/mol. The van der Waals surface area contributed by atoms with E-state index in [1.807, 2.05) is 37.4 Å². The van der Waals surface area contributed by atoms with Crippen LogP contribution < -0.4 is 0 Å². The first-order chi connectivity index (χ1) is 9.16. The summed E-state index contributed by atoms with van der Waals surface area (Å²) in [4.78, 5) is 18.7. The molecular weight excluding hydrogens is 256 g/mol. The van der Waals surface area contributed by atoms with E-state index in [4.69, 9.17) is 0 Å². The molecule has 2 aromatic rings. The fraction of sp³-hybridized carbons (Fsp3) is 0.200. The van der Waals surface area contributed by atoms with Gasteiger partial charge in [0, 0.05) is 36.4 Å². The summed E-state index contributed by atoms with van der Waals surface area (Å²) in [6.07, 6.45) is 4.36. The Morgan fingerprint density at radius 1 is 1.26 bits per heavy atom. The molecule has 0 fully saturated rings. The van der Waals surface area contributed by atoms with Gasteiger partial charge in [0.1, 0.15) is 0 Å². The third kappa shape index (κ3) is 3.83. The number of thiol groups is 1. The number of amides is 1. The van der Waals surface area contributed by atoms with Crippen molar-refractivity contribution in [2.45, 2.75) is 11.3 Å². The molecule has 0 aliphatic heterocycles. The fourth-order valence-electron chi connectivity index (χ4n) is 1.81. The Morgan fingerprint density at radius 2 is 2.00 bits per heavy atom. The van der Waals surface area contributed by atoms with Crippen molar-refractivity contribution in [2.75, 3.05) is 13.6 Å². The molecule has 19 heavy (non-hydrogen) atoms. The monoisotopic (exact) mass is 272 g/mol. The van der Waals surface area contributed by atoms with Crippen LogP contribution in [0.1, 0.15) is 15.9 Å². The Kier molecular flexibility index (Phi) is 4.58. The smallest absolute Gasteiger partial charge is 0.253 e. The lowest BCUT2D eigenvalue weighted by molar-refractivity contribution is 0.0796. The highest BCUT2D eigenvalue weighted by Gasteiger charge is 2.11. The van der Waals surface area contributed by atoms with E-state index >= 15 is 0 Å². The lowest BCUT2D eigenvalue weighted by Crippen LogP contribution is -2.28. The van der Waals surface area contributed by atoms with Crippen LogP contribution in [0.3, 0.4) is 0 Å². The molecule has 0 aliphatic rings. The number of rotatable bonds is 4. The van der Waals surface area contributed by atoms with Gasteiger partial charge in [-0.05, 0) is 42.3 Å². The number of hydrogen-bond acceptors (Lipinski definition) is 3. The van der Waals surface area contributed by atoms with E-state index < -0.39 is 0 Å². The van der Waals surface area contributed by atoms with E-state index in [1.165, 1.54) is 5.56 Å². The maximum Gasteiger partial charge on any atom is 0.253 e. The molecule has 0 atom stereocenters. The normalized spacial score (nSPS) is 10.2. The van der Waals surface area contributed by atoms with Crippen LogP contribution in [0.2, 0.25) is 0 Å². The first-order valence-electron chi connectivity index (χ1n) is 6.10. The maximum absolute atomic E-state index is 12.2. The third-order valence-electron chi connectivity index (χ3n) is 2.93. The van der Waals surface area contributed by atoms with Gasteiger partial charge in [-0.3, -0.25) is 9.78 Å². The molecule has 2 rings (SSSR count). The second-order valence-corrected chi connectivity index (χ2v) is 4.90. The van der Waals surface area contributed by atoms with Gasteiger partial charge in [0.05, 0.1) is 0 Å². The van der Waals surface area contributed by atoms with Crippen LogP contribution in [0.4, 0.5) is 0 Å². The maximum atomic E-state index is 12.2. The van der Waals surface area contributed by atoms with Crippen molar-refractivity contribution in [1.29, 1.82) is 0 Å². The first kappa shape index (κ1) is 13.6. The van der Waals surface area contributed by atoms with E-state index in [1.54, 1.807) is 23.4 Å². The average Bonchev–Trinajstić information content (AvgIpc) is 2.45. The zero-order valence-electron chi connectivity index (χ0n) is 10.8. The van der Waals surface area contributed by atoms with Gasteiger partial charge in [-0.25, -0.2) is 0 Å². The molecule has 0 N–H and O–H groups in total. The van der Waals surface area contributed by atoms with Crippen molar-refractivity contribution in [1.82, 2.24) is 9.88 Å². The van der Waals surface area contributed by atoms with Gasteiger partial charge in [0.15, 0.2) is 0 Å². The second-order valence-electron chi connectivity index (χ2n) is 4.38. The molecule has 3 nitrogen and oxygen atoms in total.